The number of hydrogen-bond donors (Lipinski definition) is 2. The van der Waals surface area contributed by atoms with Crippen LogP contribution in [0.5, 0.6) is 0 Å². The average molecular weight is 299 g/mol. The summed E-state index contributed by atoms with van der Waals surface area (Å²) < 4.78 is 13.0. The number of anilines is 1. The molecule has 1 atom stereocenters. The van der Waals surface area contributed by atoms with Gasteiger partial charge in [-0.15, -0.1) is 0 Å². The first kappa shape index (κ1) is 15.9. The molecule has 1 amide bonds. The molecule has 3 nitrogen and oxygen atoms in total. The molecule has 0 bridgehead atoms. The van der Waals surface area contributed by atoms with Crippen molar-refractivity contribution in [3.63, 3.8) is 0 Å². The van der Waals surface area contributed by atoms with Crippen molar-refractivity contribution < 1.29 is 14.1 Å². The highest BCUT2D eigenvalue weighted by atomic mass is 19.1. The maximum Gasteiger partial charge on any atom is 0.279 e. The van der Waals surface area contributed by atoms with Gasteiger partial charge in [-0.2, -0.15) is 0 Å². The van der Waals surface area contributed by atoms with Crippen LogP contribution in [0, 0.1) is 5.82 Å². The van der Waals surface area contributed by atoms with Gasteiger partial charge in [0.05, 0.1) is 13.6 Å². The number of hydrogen-bond acceptors (Lipinski definition) is 1. The normalized spacial score (nSPS) is 12.3. The molecule has 114 valence electrons. The van der Waals surface area contributed by atoms with Crippen molar-refractivity contribution in [3.8, 4) is 0 Å². The molecule has 4 heteroatoms. The lowest BCUT2D eigenvalue weighted by molar-refractivity contribution is -0.864. The predicted molar refractivity (Wildman–Crippen MR) is 87.1 cm³/mol. The van der Waals surface area contributed by atoms with Gasteiger partial charge in [0.25, 0.3) is 5.91 Å². The quantitative estimate of drug-likeness (QED) is 0.840. The van der Waals surface area contributed by atoms with Crippen LogP contribution in [0.1, 0.15) is 5.56 Å². The Morgan fingerprint density at radius 2 is 1.95 bits per heavy atom. The zero-order chi connectivity index (χ0) is 15.8. The molecule has 2 rings (SSSR count). The second kappa shape index (κ2) is 8.10. The Balaban J connectivity index is 1.78. The number of benzene rings is 2. The summed E-state index contributed by atoms with van der Waals surface area (Å²) in [6, 6.07) is 15.9. The molecule has 2 N–H and O–H groups in total. The van der Waals surface area contributed by atoms with E-state index < -0.39 is 0 Å². The second-order valence-electron chi connectivity index (χ2n) is 5.21. The third kappa shape index (κ3) is 5.50. The van der Waals surface area contributed by atoms with Gasteiger partial charge in [0.15, 0.2) is 6.54 Å². The highest BCUT2D eigenvalue weighted by molar-refractivity contribution is 5.91. The van der Waals surface area contributed by atoms with Crippen LogP contribution in [0.2, 0.25) is 0 Å². The maximum absolute atomic E-state index is 13.0. The molecule has 2 aromatic rings. The number of quaternary nitrogens is 1. The molecule has 0 aliphatic heterocycles. The average Bonchev–Trinajstić information content (AvgIpc) is 2.48. The van der Waals surface area contributed by atoms with Gasteiger partial charge in [-0.1, -0.05) is 42.5 Å². The van der Waals surface area contributed by atoms with Gasteiger partial charge >= 0.3 is 0 Å². The lowest BCUT2D eigenvalue weighted by Gasteiger charge is -2.11. The van der Waals surface area contributed by atoms with Gasteiger partial charge in [0.2, 0.25) is 0 Å². The Morgan fingerprint density at radius 1 is 1.18 bits per heavy atom. The van der Waals surface area contributed by atoms with Crippen LogP contribution in [0.15, 0.2) is 60.7 Å². The number of carbonyl (C=O) groups excluding carboxylic acids is 1. The van der Waals surface area contributed by atoms with E-state index in [-0.39, 0.29) is 11.7 Å². The molecule has 0 aliphatic carbocycles. The summed E-state index contributed by atoms with van der Waals surface area (Å²) in [6.07, 6.45) is 4.08. The van der Waals surface area contributed by atoms with E-state index >= 15 is 0 Å². The standard InChI is InChI=1S/C18H19FN2O/c1-21(12-6-9-15-7-3-2-4-8-15)14-18(22)20-17-11-5-10-16(19)13-17/h2-11,13H,12,14H2,1H3,(H,20,22)/p+1/b9-6+. The predicted octanol–water partition coefficient (Wildman–Crippen LogP) is 1.99. The lowest BCUT2D eigenvalue weighted by Crippen LogP contribution is -3.09. The van der Waals surface area contributed by atoms with Crippen LogP contribution in [0.25, 0.3) is 6.08 Å². The zero-order valence-electron chi connectivity index (χ0n) is 12.6. The summed E-state index contributed by atoms with van der Waals surface area (Å²) in [5, 5.41) is 2.70. The fraction of sp³-hybridized carbons (Fsp3) is 0.167. The first-order chi connectivity index (χ1) is 10.6. The molecule has 0 radical (unpaired) electrons. The van der Waals surface area contributed by atoms with Gasteiger partial charge in [-0.05, 0) is 29.8 Å². The van der Waals surface area contributed by atoms with Crippen LogP contribution in [-0.4, -0.2) is 26.0 Å². The second-order valence-corrected chi connectivity index (χ2v) is 5.21. The first-order valence-electron chi connectivity index (χ1n) is 7.22. The Bertz CT molecular complexity index is 641. The summed E-state index contributed by atoms with van der Waals surface area (Å²) in [4.78, 5) is 12.9. The summed E-state index contributed by atoms with van der Waals surface area (Å²) in [5.74, 6) is -0.486. The molecule has 0 aliphatic rings. The van der Waals surface area contributed by atoms with E-state index in [1.165, 1.54) is 12.1 Å². The van der Waals surface area contributed by atoms with Crippen molar-refractivity contribution in [1.29, 1.82) is 0 Å². The number of amides is 1. The number of rotatable bonds is 6. The summed E-state index contributed by atoms with van der Waals surface area (Å²) in [5.41, 5.74) is 1.62. The van der Waals surface area contributed by atoms with Crippen molar-refractivity contribution in [2.75, 3.05) is 25.5 Å². The smallest absolute Gasteiger partial charge is 0.279 e. The molecular weight excluding hydrogens is 279 g/mol. The number of likely N-dealkylation sites (N-methyl/N-ethyl adjacent to an activating group) is 1. The Morgan fingerprint density at radius 3 is 2.68 bits per heavy atom. The minimum atomic E-state index is -0.357. The molecular formula is C18H20FN2O+. The van der Waals surface area contributed by atoms with E-state index in [0.29, 0.717) is 12.2 Å². The highest BCUT2D eigenvalue weighted by Crippen LogP contribution is 2.08. The lowest BCUT2D eigenvalue weighted by atomic mass is 10.2. The molecule has 0 saturated heterocycles. The monoisotopic (exact) mass is 299 g/mol. The van der Waals surface area contributed by atoms with E-state index in [4.69, 9.17) is 0 Å². The Kier molecular flexibility index (Phi) is 5.86. The minimum absolute atomic E-state index is 0.129. The Hall–Kier alpha value is -2.46. The molecule has 0 heterocycles. The molecule has 0 fully saturated rings. The van der Waals surface area contributed by atoms with Gasteiger partial charge in [-0.3, -0.25) is 4.79 Å². The number of halogens is 1. The van der Waals surface area contributed by atoms with Crippen molar-refractivity contribution in [3.05, 3.63) is 72.1 Å². The zero-order valence-corrected chi connectivity index (χ0v) is 12.6. The van der Waals surface area contributed by atoms with Crippen LogP contribution in [0.4, 0.5) is 10.1 Å². The largest absolute Gasteiger partial charge is 0.326 e. The minimum Gasteiger partial charge on any atom is -0.326 e. The van der Waals surface area contributed by atoms with Gasteiger partial charge in [0.1, 0.15) is 5.82 Å². The maximum atomic E-state index is 13.0. The highest BCUT2D eigenvalue weighted by Gasteiger charge is 2.09. The molecule has 2 aromatic carbocycles. The van der Waals surface area contributed by atoms with Crippen LogP contribution < -0.4 is 10.2 Å². The summed E-state index contributed by atoms with van der Waals surface area (Å²) in [6.45, 7) is 1.07. The van der Waals surface area contributed by atoms with Crippen LogP contribution >= 0.6 is 0 Å². The SMILES string of the molecule is C[NH+](C/C=C/c1ccccc1)CC(=O)Nc1cccc(F)c1. The third-order valence-corrected chi connectivity index (χ3v) is 3.15. The van der Waals surface area contributed by atoms with E-state index in [2.05, 4.69) is 5.32 Å². The number of nitrogens with one attached hydrogen (secondary N) is 2. The van der Waals surface area contributed by atoms with Gasteiger partial charge in [-0.25, -0.2) is 4.39 Å². The fourth-order valence-corrected chi connectivity index (χ4v) is 2.08. The van der Waals surface area contributed by atoms with Crippen LogP contribution in [-0.2, 0) is 4.79 Å². The van der Waals surface area contributed by atoms with Crippen LogP contribution in [0.3, 0.4) is 0 Å². The molecule has 0 saturated carbocycles. The Labute approximate surface area is 130 Å². The molecule has 0 aromatic heterocycles. The molecule has 1 unspecified atom stereocenters. The van der Waals surface area contributed by atoms with Gasteiger partial charge in [0, 0.05) is 5.69 Å². The van der Waals surface area contributed by atoms with E-state index in [0.717, 1.165) is 17.0 Å². The van der Waals surface area contributed by atoms with Crippen molar-refractivity contribution in [2.45, 2.75) is 0 Å². The summed E-state index contributed by atoms with van der Waals surface area (Å²) >= 11 is 0. The molecule has 22 heavy (non-hydrogen) atoms. The third-order valence-electron chi connectivity index (χ3n) is 3.15. The fourth-order valence-electron chi connectivity index (χ4n) is 2.08. The van der Waals surface area contributed by atoms with E-state index in [9.17, 15) is 9.18 Å². The topological polar surface area (TPSA) is 33.5 Å². The number of carbonyl (C=O) groups is 1. The van der Waals surface area contributed by atoms with Crippen molar-refractivity contribution in [1.82, 2.24) is 0 Å². The summed E-state index contributed by atoms with van der Waals surface area (Å²) in [7, 11) is 1.94. The van der Waals surface area contributed by atoms with E-state index in [1.54, 1.807) is 12.1 Å². The van der Waals surface area contributed by atoms with E-state index in [1.807, 2.05) is 49.5 Å². The van der Waals surface area contributed by atoms with Crippen molar-refractivity contribution >= 4 is 17.7 Å². The van der Waals surface area contributed by atoms with Gasteiger partial charge < -0.3 is 10.2 Å². The molecule has 0 spiro atoms. The van der Waals surface area contributed by atoms with Crippen molar-refractivity contribution in [2.24, 2.45) is 0 Å². The first-order valence-corrected chi connectivity index (χ1v) is 7.22.